The Labute approximate surface area is 824 Å². The maximum Gasteiger partial charge on any atom is 0.407 e. The third-order valence-corrected chi connectivity index (χ3v) is 21.3. The lowest BCUT2D eigenvalue weighted by Gasteiger charge is -2.29. The summed E-state index contributed by atoms with van der Waals surface area (Å²) in [5.74, 6) is -2.12. The molecule has 0 fully saturated rings. The Morgan fingerprint density at radius 1 is 0.411 bits per heavy atom. The van der Waals surface area contributed by atoms with Crippen molar-refractivity contribution in [2.24, 2.45) is 48.5 Å². The summed E-state index contributed by atoms with van der Waals surface area (Å²) in [6.07, 6.45) is 5.41. The molecule has 0 atom stereocenters. The highest BCUT2D eigenvalue weighted by molar-refractivity contribution is 6.02. The van der Waals surface area contributed by atoms with E-state index in [0.29, 0.717) is 266 Å². The van der Waals surface area contributed by atoms with Gasteiger partial charge in [-0.1, -0.05) is 39.8 Å². The van der Waals surface area contributed by atoms with E-state index in [0.717, 1.165) is 65.3 Å². The van der Waals surface area contributed by atoms with Crippen molar-refractivity contribution in [1.29, 1.82) is 0 Å². The van der Waals surface area contributed by atoms with Crippen molar-refractivity contribution in [1.82, 2.24) is 35.5 Å². The van der Waals surface area contributed by atoms with Gasteiger partial charge in [0, 0.05) is 88.9 Å². The number of azo groups is 2. The first kappa shape index (κ1) is 114. The maximum absolute atomic E-state index is 12.9. The van der Waals surface area contributed by atoms with E-state index >= 15 is 0 Å². The van der Waals surface area contributed by atoms with Gasteiger partial charge in [0.1, 0.15) is 34.1 Å². The Morgan fingerprint density at radius 3 is 1.08 bits per heavy atom. The molecule has 0 bridgehead atoms. The number of alkyl carbamates (subject to hydrolysis) is 2. The van der Waals surface area contributed by atoms with Crippen LogP contribution in [0.5, 0.6) is 11.5 Å². The van der Waals surface area contributed by atoms with Crippen LogP contribution in [0, 0.1) is 24.7 Å². The Kier molecular flexibility index (Phi) is 47.3. The number of amides is 5. The lowest BCUT2D eigenvalue weighted by molar-refractivity contribution is -0.0111. The molecule has 0 aliphatic heterocycles. The lowest BCUT2D eigenvalue weighted by atomic mass is 9.75. The van der Waals surface area contributed by atoms with E-state index in [2.05, 4.69) is 79.8 Å². The topological polar surface area (TPSA) is 531 Å². The average Bonchev–Trinajstić information content (AvgIpc) is 1.62. The smallest absolute Gasteiger partial charge is 0.407 e. The van der Waals surface area contributed by atoms with Gasteiger partial charge in [-0.15, -0.1) is 10.2 Å². The predicted octanol–water partition coefficient (Wildman–Crippen LogP) is 14.6. The fourth-order valence-corrected chi connectivity index (χ4v) is 14.6. The molecule has 0 unspecified atom stereocenters. The molecule has 39 nitrogen and oxygen atoms in total. The normalized spacial score (nSPS) is 13.2. The minimum Gasteiger partial charge on any atom is -0.506 e. The summed E-state index contributed by atoms with van der Waals surface area (Å²) in [5, 5.41) is 69.8. The summed E-state index contributed by atoms with van der Waals surface area (Å²) < 4.78 is 69.5. The molecule has 2 aromatic heterocycles. The number of nitrogens with zero attached hydrogens (tertiary/aromatic N) is 8. The molecular weight excluding hydrogens is 1820 g/mol. The number of carbonyl (C=O) groups is 8. The molecule has 0 radical (unpaired) electrons. The Hall–Kier alpha value is -12.5. The number of Topliss-reactive ketones (excluding diaryl/α,β-unsaturated/α-hetero) is 2. The predicted molar refractivity (Wildman–Crippen MR) is 532 cm³/mol. The molecule has 0 saturated carbocycles. The lowest BCUT2D eigenvalue weighted by Crippen LogP contribution is -2.33. The highest BCUT2D eigenvalue weighted by Gasteiger charge is 2.38. The van der Waals surface area contributed by atoms with E-state index < -0.39 is 41.2 Å². The number of carboxylic acid groups (broad SMARTS) is 1. The summed E-state index contributed by atoms with van der Waals surface area (Å²) in [6.45, 7) is 35.5. The number of carboxylic acids is 1. The number of carbonyl (C=O) groups excluding carboxylic acids is 7. The summed E-state index contributed by atoms with van der Waals surface area (Å²) in [6, 6.07) is 33.1. The number of ether oxygens (including phenoxy) is 12. The zero-order valence-corrected chi connectivity index (χ0v) is 83.3. The van der Waals surface area contributed by atoms with Crippen LogP contribution in [0.15, 0.2) is 142 Å². The van der Waals surface area contributed by atoms with Crippen LogP contribution in [0.2, 0.25) is 0 Å². The molecule has 39 heteroatoms. The summed E-state index contributed by atoms with van der Waals surface area (Å²) in [5.41, 5.74) is 27.3. The van der Waals surface area contributed by atoms with Crippen molar-refractivity contribution in [2.45, 2.75) is 158 Å². The zero-order chi connectivity index (χ0) is 102. The van der Waals surface area contributed by atoms with Gasteiger partial charge in [-0.05, 0) is 244 Å². The van der Waals surface area contributed by atoms with Crippen molar-refractivity contribution in [2.75, 3.05) is 182 Å². The zero-order valence-electron chi connectivity index (χ0n) is 83.3. The van der Waals surface area contributed by atoms with Crippen molar-refractivity contribution in [3.05, 3.63) is 189 Å². The van der Waals surface area contributed by atoms with Crippen molar-refractivity contribution >= 4 is 81.6 Å². The van der Waals surface area contributed by atoms with Crippen LogP contribution in [-0.2, 0) is 82.5 Å². The van der Waals surface area contributed by atoms with E-state index in [4.69, 9.17) is 84.2 Å². The molecule has 2 aliphatic rings. The van der Waals surface area contributed by atoms with Crippen LogP contribution in [0.25, 0.3) is 11.4 Å². The number of hydrogen-bond acceptors (Lipinski definition) is 31. The van der Waals surface area contributed by atoms with Crippen molar-refractivity contribution < 1.29 is 111 Å². The van der Waals surface area contributed by atoms with Crippen LogP contribution in [0.3, 0.4) is 0 Å². The number of nitrogens with one attached hydrogen (secondary N) is 5. The molecule has 5 amide bonds. The minimum absolute atomic E-state index is 0.0300. The quantitative estimate of drug-likeness (QED) is 0.0125. The number of primary amides is 2. The largest absolute Gasteiger partial charge is 0.506 e. The SMILES string of the molecule is CC(C)(C)OC(=O)NCCc1ccc(O)c(N=Nc2ccc(C(=O)O)cc2)c1.Cc1nn(-c2ccc(C(N)=O)c(NCCCOCCOCCOCCOCCOCCCN)c2)c2c1C(=O)CC(C)(C)C2.Cc1nn(-c2ccc(C(N)=O)c(NCCCOCCOCCOCCOCCOCCCNC(=O)c3ccc(N=Nc4cc(CCNC(=O)OC(C)(C)C)ccc4O)cc3)c2)c2c1C(=O)CC(C)(C)C2. The van der Waals surface area contributed by atoms with Gasteiger partial charge in [0.25, 0.3) is 17.7 Å². The van der Waals surface area contributed by atoms with Gasteiger partial charge >= 0.3 is 18.2 Å². The molecule has 141 heavy (non-hydrogen) atoms. The fraction of sp³-hybridized carbons (Fsp3) is 0.510. The summed E-state index contributed by atoms with van der Waals surface area (Å²) in [4.78, 5) is 97.0. The van der Waals surface area contributed by atoms with Gasteiger partial charge in [0.05, 0.1) is 179 Å². The van der Waals surface area contributed by atoms with Crippen LogP contribution in [0.1, 0.15) is 204 Å². The number of aromatic carboxylic acids is 1. The summed E-state index contributed by atoms with van der Waals surface area (Å²) in [7, 11) is 0. The van der Waals surface area contributed by atoms with Gasteiger partial charge in [0.15, 0.2) is 11.6 Å². The van der Waals surface area contributed by atoms with Crippen LogP contribution in [0.4, 0.5) is 43.7 Å². The molecule has 8 aromatic rings. The third-order valence-electron chi connectivity index (χ3n) is 21.3. The van der Waals surface area contributed by atoms with Crippen molar-refractivity contribution in [3.8, 4) is 22.9 Å². The molecule has 0 spiro atoms. The molecule has 14 N–H and O–H groups in total. The van der Waals surface area contributed by atoms with Crippen LogP contribution in [-0.4, -0.2) is 265 Å². The maximum atomic E-state index is 12.9. The molecule has 768 valence electrons. The Morgan fingerprint density at radius 2 is 0.745 bits per heavy atom. The fourth-order valence-electron chi connectivity index (χ4n) is 14.6. The third kappa shape index (κ3) is 41.3. The number of aromatic hydroxyl groups is 2. The second-order valence-electron chi connectivity index (χ2n) is 36.9. The molecule has 10 rings (SSSR count). The van der Waals surface area contributed by atoms with Crippen molar-refractivity contribution in [3.63, 3.8) is 0 Å². The number of aromatic nitrogens is 4. The molecule has 2 heterocycles. The molecular formula is C102H142N16O23. The van der Waals surface area contributed by atoms with E-state index in [1.807, 2.05) is 41.4 Å². The first-order valence-corrected chi connectivity index (χ1v) is 47.6. The molecule has 2 aliphatic carbocycles. The average molecular weight is 1960 g/mol. The van der Waals surface area contributed by atoms with Gasteiger partial charge < -0.3 is 116 Å². The number of hydrogen-bond donors (Lipinski definition) is 11. The number of nitrogens with two attached hydrogens (primary N) is 3. The van der Waals surface area contributed by atoms with Crippen LogP contribution >= 0.6 is 0 Å². The number of phenolic OH excluding ortho intramolecular Hbond substituents is 2. The number of anilines is 2. The number of aryl methyl sites for hydroxylation is 2. The number of fused-ring (bicyclic) bond motifs is 2. The monoisotopic (exact) mass is 1960 g/mol. The second-order valence-corrected chi connectivity index (χ2v) is 36.9. The highest BCUT2D eigenvalue weighted by Crippen LogP contribution is 2.40. The van der Waals surface area contributed by atoms with E-state index in [-0.39, 0.29) is 56.7 Å². The van der Waals surface area contributed by atoms with E-state index in [1.54, 1.807) is 108 Å². The number of phenols is 2. The number of benzene rings is 6. The first-order valence-electron chi connectivity index (χ1n) is 47.6. The van der Waals surface area contributed by atoms with Gasteiger partial charge in [-0.3, -0.25) is 24.0 Å². The van der Waals surface area contributed by atoms with Gasteiger partial charge in [0.2, 0.25) is 0 Å². The highest BCUT2D eigenvalue weighted by atomic mass is 16.6. The van der Waals surface area contributed by atoms with Gasteiger partial charge in [-0.2, -0.15) is 20.4 Å². The van der Waals surface area contributed by atoms with E-state index in [9.17, 15) is 48.6 Å². The van der Waals surface area contributed by atoms with E-state index in [1.165, 1.54) is 36.4 Å². The molecule has 0 saturated heterocycles. The Bertz CT molecular complexity index is 5400. The minimum atomic E-state index is -1.02. The first-order chi connectivity index (χ1) is 67.4. The standard InChI is InChI=1S/C51H70N8O11.C31H49N5O7.C20H23N3O5/c1-35-46-43(33-51(5,6)34-45(46)61)59(58-35)39-14-15-40(47(52)62)41(32-39)53-18-7-21-65-23-25-67-27-29-69-30-28-68-26-24-66-22-8-19-54-48(63)37-10-12-38(13-11-37)56-57-42-31-36(9-16-44(42)60)17-20-55-49(64)70-50(2,3)4;1-23-29-27(21-31(2,3)22-28(29)37)36(35-23)24-6-7-25(30(33)38)26(20-24)34-9-5-11-40-13-15-42-17-19-43-18-16-41-14-12-39-10-4-8-32;1-20(2,3)28-19(27)21-11-10-13-4-9-17(24)16(12-13)23-22-15-7-5-14(6-8-15)18(25)26/h9-16,31-32,53,60H,7-8,17-30,33-34H2,1-6H3,(H2,52,62)(H,54,63)(H,55,64);6-7,20,34H,4-5,8-19,21-22,32H2,1-3H3,(H2,33,38);4-9,12,24H,10-11H2,1-3H3,(H,21,27)(H,25,26). The summed E-state index contributed by atoms with van der Waals surface area (Å²) >= 11 is 0. The van der Waals surface area contributed by atoms with Gasteiger partial charge in [-0.25, -0.2) is 23.7 Å². The number of rotatable bonds is 57. The molecule has 6 aromatic carbocycles. The Balaban J connectivity index is 0.000000289. The van der Waals surface area contributed by atoms with Crippen LogP contribution < -0.4 is 43.8 Å². The number of ketones is 2. The second kappa shape index (κ2) is 58.6.